The van der Waals surface area contributed by atoms with E-state index in [1.807, 2.05) is 32.9 Å². The number of ether oxygens (including phenoxy) is 2. The van der Waals surface area contributed by atoms with E-state index in [9.17, 15) is 0 Å². The van der Waals surface area contributed by atoms with E-state index in [1.165, 1.54) is 12.0 Å². The molecule has 130 valence electrons. The van der Waals surface area contributed by atoms with E-state index in [1.54, 1.807) is 7.11 Å². The fourth-order valence-electron chi connectivity index (χ4n) is 3.29. The molecule has 1 aliphatic heterocycles. The van der Waals surface area contributed by atoms with Gasteiger partial charge >= 0.3 is 0 Å². The molecule has 1 fully saturated rings. The van der Waals surface area contributed by atoms with Crippen molar-refractivity contribution in [2.24, 2.45) is 0 Å². The highest BCUT2D eigenvalue weighted by Crippen LogP contribution is 2.35. The van der Waals surface area contributed by atoms with Crippen LogP contribution in [0.2, 0.25) is 0 Å². The minimum Gasteiger partial charge on any atom is -0.493 e. The maximum Gasteiger partial charge on any atom is 0.161 e. The van der Waals surface area contributed by atoms with Gasteiger partial charge in [0.25, 0.3) is 0 Å². The van der Waals surface area contributed by atoms with Crippen LogP contribution in [0.1, 0.15) is 49.7 Å². The molecule has 5 heteroatoms. The average molecular weight is 330 g/mol. The minimum atomic E-state index is 0.128. The molecular formula is C19H26N2O3. The largest absolute Gasteiger partial charge is 0.493 e. The van der Waals surface area contributed by atoms with E-state index in [2.05, 4.69) is 22.2 Å². The molecule has 0 aliphatic carbocycles. The van der Waals surface area contributed by atoms with Crippen LogP contribution < -0.4 is 9.47 Å². The van der Waals surface area contributed by atoms with Crippen LogP contribution in [0, 0.1) is 6.92 Å². The zero-order valence-electron chi connectivity index (χ0n) is 14.9. The first-order chi connectivity index (χ1) is 11.6. The quantitative estimate of drug-likeness (QED) is 0.797. The molecule has 2 aromatic rings. The van der Waals surface area contributed by atoms with Gasteiger partial charge in [-0.3, -0.25) is 4.90 Å². The summed E-state index contributed by atoms with van der Waals surface area (Å²) >= 11 is 0. The Morgan fingerprint density at radius 3 is 2.79 bits per heavy atom. The van der Waals surface area contributed by atoms with Gasteiger partial charge in [0.05, 0.1) is 19.3 Å². The molecule has 0 amide bonds. The number of nitrogens with zero attached hydrogens (tertiary/aromatic N) is 2. The summed E-state index contributed by atoms with van der Waals surface area (Å²) in [5.74, 6) is 2.45. The van der Waals surface area contributed by atoms with E-state index in [0.29, 0.717) is 6.04 Å². The predicted octanol–water partition coefficient (Wildman–Crippen LogP) is 4.12. The second kappa shape index (κ2) is 7.26. The highest BCUT2D eigenvalue weighted by atomic mass is 16.5. The van der Waals surface area contributed by atoms with Crippen molar-refractivity contribution in [3.63, 3.8) is 0 Å². The molecule has 1 atom stereocenters. The molecule has 1 aliphatic rings. The number of aromatic nitrogens is 1. The topological polar surface area (TPSA) is 47.7 Å². The van der Waals surface area contributed by atoms with Gasteiger partial charge in [-0.2, -0.15) is 0 Å². The molecule has 1 aromatic carbocycles. The summed E-state index contributed by atoms with van der Waals surface area (Å²) in [7, 11) is 1.68. The second-order valence-corrected chi connectivity index (χ2v) is 6.64. The van der Waals surface area contributed by atoms with Gasteiger partial charge in [0.1, 0.15) is 11.5 Å². The smallest absolute Gasteiger partial charge is 0.161 e. The van der Waals surface area contributed by atoms with Gasteiger partial charge in [0, 0.05) is 12.6 Å². The third kappa shape index (κ3) is 3.73. The molecule has 5 nitrogen and oxygen atoms in total. The second-order valence-electron chi connectivity index (χ2n) is 6.64. The summed E-state index contributed by atoms with van der Waals surface area (Å²) in [4.78, 5) is 2.45. The lowest BCUT2D eigenvalue weighted by molar-refractivity contribution is 0.227. The molecule has 0 saturated carbocycles. The van der Waals surface area contributed by atoms with Gasteiger partial charge in [-0.15, -0.1) is 0 Å². The molecule has 0 unspecified atom stereocenters. The SMILES string of the molecule is COc1cc(CN2CCC[C@H]2c2cc(C)on2)ccc1OC(C)C. The van der Waals surface area contributed by atoms with E-state index in [0.717, 1.165) is 42.5 Å². The van der Waals surface area contributed by atoms with Gasteiger partial charge < -0.3 is 14.0 Å². The third-order valence-electron chi connectivity index (χ3n) is 4.33. The van der Waals surface area contributed by atoms with Crippen LogP contribution >= 0.6 is 0 Å². The fourth-order valence-corrected chi connectivity index (χ4v) is 3.29. The average Bonchev–Trinajstić information content (AvgIpc) is 3.17. The van der Waals surface area contributed by atoms with Gasteiger partial charge in [0.2, 0.25) is 0 Å². The molecular weight excluding hydrogens is 304 g/mol. The van der Waals surface area contributed by atoms with Crippen LogP contribution in [0.15, 0.2) is 28.8 Å². The van der Waals surface area contributed by atoms with Crippen LogP contribution in [0.3, 0.4) is 0 Å². The van der Waals surface area contributed by atoms with E-state index in [-0.39, 0.29) is 6.10 Å². The van der Waals surface area contributed by atoms with Crippen LogP contribution in [0.5, 0.6) is 11.5 Å². The monoisotopic (exact) mass is 330 g/mol. The van der Waals surface area contributed by atoms with Gasteiger partial charge in [-0.05, 0) is 57.9 Å². The maximum absolute atomic E-state index is 5.79. The lowest BCUT2D eigenvalue weighted by atomic mass is 10.1. The van der Waals surface area contributed by atoms with Crippen LogP contribution in [0.4, 0.5) is 0 Å². The Morgan fingerprint density at radius 1 is 1.29 bits per heavy atom. The van der Waals surface area contributed by atoms with Crippen molar-refractivity contribution >= 4 is 0 Å². The number of rotatable bonds is 6. The molecule has 24 heavy (non-hydrogen) atoms. The molecule has 0 bridgehead atoms. The van der Waals surface area contributed by atoms with E-state index < -0.39 is 0 Å². The van der Waals surface area contributed by atoms with Crippen molar-refractivity contribution in [3.05, 3.63) is 41.3 Å². The van der Waals surface area contributed by atoms with Crippen molar-refractivity contribution in [1.29, 1.82) is 0 Å². The highest BCUT2D eigenvalue weighted by molar-refractivity contribution is 5.43. The lowest BCUT2D eigenvalue weighted by Gasteiger charge is -2.23. The Balaban J connectivity index is 1.75. The molecule has 1 aromatic heterocycles. The molecule has 0 radical (unpaired) electrons. The maximum atomic E-state index is 5.79. The zero-order chi connectivity index (χ0) is 17.1. The molecule has 0 N–H and O–H groups in total. The minimum absolute atomic E-state index is 0.128. The van der Waals surface area contributed by atoms with E-state index in [4.69, 9.17) is 14.0 Å². The summed E-state index contributed by atoms with van der Waals surface area (Å²) in [5, 5.41) is 4.21. The standard InChI is InChI=1S/C19H26N2O3/c1-13(2)23-18-8-7-15(11-19(18)22-4)12-21-9-5-6-17(21)16-10-14(3)24-20-16/h7-8,10-11,13,17H,5-6,9,12H2,1-4H3/t17-/m0/s1. The summed E-state index contributed by atoms with van der Waals surface area (Å²) in [6, 6.07) is 8.56. The van der Waals surface area contributed by atoms with Crippen molar-refractivity contribution in [3.8, 4) is 11.5 Å². The van der Waals surface area contributed by atoms with Gasteiger partial charge in [-0.1, -0.05) is 11.2 Å². The Labute approximate surface area is 143 Å². The van der Waals surface area contributed by atoms with Crippen LogP contribution in [-0.2, 0) is 6.54 Å². The van der Waals surface area contributed by atoms with Crippen molar-refractivity contribution in [2.75, 3.05) is 13.7 Å². The Kier molecular flexibility index (Phi) is 5.09. The third-order valence-corrected chi connectivity index (χ3v) is 4.33. The summed E-state index contributed by atoms with van der Waals surface area (Å²) in [5.41, 5.74) is 2.26. The van der Waals surface area contributed by atoms with E-state index >= 15 is 0 Å². The summed E-state index contributed by atoms with van der Waals surface area (Å²) in [6.45, 7) is 7.91. The number of hydrogen-bond acceptors (Lipinski definition) is 5. The van der Waals surface area contributed by atoms with Gasteiger partial charge in [0.15, 0.2) is 11.5 Å². The Hall–Kier alpha value is -2.01. The van der Waals surface area contributed by atoms with Crippen molar-refractivity contribution < 1.29 is 14.0 Å². The van der Waals surface area contributed by atoms with Crippen LogP contribution in [-0.4, -0.2) is 29.8 Å². The molecule has 3 rings (SSSR count). The number of methoxy groups -OCH3 is 1. The summed E-state index contributed by atoms with van der Waals surface area (Å²) in [6.07, 6.45) is 2.43. The van der Waals surface area contributed by atoms with Crippen LogP contribution in [0.25, 0.3) is 0 Å². The summed E-state index contributed by atoms with van der Waals surface area (Å²) < 4.78 is 16.5. The molecule has 2 heterocycles. The zero-order valence-corrected chi connectivity index (χ0v) is 14.9. The Bertz CT molecular complexity index is 681. The van der Waals surface area contributed by atoms with Crippen molar-refractivity contribution in [2.45, 2.75) is 52.3 Å². The molecule has 0 spiro atoms. The fraction of sp³-hybridized carbons (Fsp3) is 0.526. The van der Waals surface area contributed by atoms with Crippen molar-refractivity contribution in [1.82, 2.24) is 10.1 Å². The number of benzene rings is 1. The first kappa shape index (κ1) is 16.8. The Morgan fingerprint density at radius 2 is 2.12 bits per heavy atom. The number of likely N-dealkylation sites (tertiary alicyclic amines) is 1. The number of hydrogen-bond donors (Lipinski definition) is 0. The highest BCUT2D eigenvalue weighted by Gasteiger charge is 2.28. The number of aryl methyl sites for hydroxylation is 1. The first-order valence-electron chi connectivity index (χ1n) is 8.57. The predicted molar refractivity (Wildman–Crippen MR) is 92.4 cm³/mol. The first-order valence-corrected chi connectivity index (χ1v) is 8.57. The lowest BCUT2D eigenvalue weighted by Crippen LogP contribution is -2.23. The molecule has 1 saturated heterocycles. The van der Waals surface area contributed by atoms with Gasteiger partial charge in [-0.25, -0.2) is 0 Å². The normalized spacial score (nSPS) is 18.3.